The number of likely N-dealkylation sites (tertiary alicyclic amines) is 1. The molecule has 148 valence electrons. The lowest BCUT2D eigenvalue weighted by atomic mass is 9.77. The van der Waals surface area contributed by atoms with Crippen LogP contribution in [0.2, 0.25) is 0 Å². The third-order valence-corrected chi connectivity index (χ3v) is 5.72. The van der Waals surface area contributed by atoms with Crippen LogP contribution in [0.3, 0.4) is 0 Å². The Labute approximate surface area is 170 Å². The smallest absolute Gasteiger partial charge is 0.423 e. The highest BCUT2D eigenvalue weighted by Gasteiger charge is 2.26. The van der Waals surface area contributed by atoms with Crippen LogP contribution in [-0.2, 0) is 6.54 Å². The molecule has 1 saturated heterocycles. The van der Waals surface area contributed by atoms with Crippen molar-refractivity contribution in [3.63, 3.8) is 0 Å². The summed E-state index contributed by atoms with van der Waals surface area (Å²) in [5.74, 6) is 0.312. The zero-order valence-electron chi connectivity index (χ0n) is 16.2. The van der Waals surface area contributed by atoms with E-state index in [0.717, 1.165) is 18.4 Å². The molecule has 0 spiro atoms. The molecule has 2 aromatic carbocycles. The van der Waals surface area contributed by atoms with Crippen molar-refractivity contribution in [2.45, 2.75) is 25.3 Å². The van der Waals surface area contributed by atoms with Gasteiger partial charge in [-0.25, -0.2) is 0 Å². The molecule has 1 fully saturated rings. The summed E-state index contributed by atoms with van der Waals surface area (Å²) in [5.41, 5.74) is 9.47. The van der Waals surface area contributed by atoms with Gasteiger partial charge in [-0.1, -0.05) is 30.3 Å². The van der Waals surface area contributed by atoms with E-state index in [1.165, 1.54) is 5.56 Å². The van der Waals surface area contributed by atoms with Crippen LogP contribution < -0.4 is 11.2 Å². The van der Waals surface area contributed by atoms with Crippen molar-refractivity contribution in [1.82, 2.24) is 9.88 Å². The molecule has 4 N–H and O–H groups in total. The van der Waals surface area contributed by atoms with Gasteiger partial charge in [0, 0.05) is 31.4 Å². The number of pyridine rings is 1. The molecule has 4 rings (SSSR count). The van der Waals surface area contributed by atoms with E-state index in [9.17, 15) is 14.8 Å². The average Bonchev–Trinajstić information content (AvgIpc) is 2.78. The van der Waals surface area contributed by atoms with Gasteiger partial charge in [-0.2, -0.15) is 0 Å². The molecule has 1 aliphatic rings. The molecule has 1 amide bonds. The molecule has 1 aromatic heterocycles. The van der Waals surface area contributed by atoms with E-state index in [2.05, 4.69) is 17.1 Å². The number of piperidine rings is 1. The predicted molar refractivity (Wildman–Crippen MR) is 114 cm³/mol. The molecule has 0 radical (unpaired) electrons. The van der Waals surface area contributed by atoms with Crippen LogP contribution in [0, 0.1) is 0 Å². The van der Waals surface area contributed by atoms with E-state index in [4.69, 9.17) is 5.73 Å². The van der Waals surface area contributed by atoms with Gasteiger partial charge in [-0.15, -0.1) is 0 Å². The van der Waals surface area contributed by atoms with Crippen LogP contribution in [-0.4, -0.2) is 46.0 Å². The Morgan fingerprint density at radius 3 is 2.66 bits per heavy atom. The highest BCUT2D eigenvalue weighted by molar-refractivity contribution is 6.62. The van der Waals surface area contributed by atoms with E-state index >= 15 is 0 Å². The van der Waals surface area contributed by atoms with Crippen LogP contribution in [0.25, 0.3) is 10.9 Å². The van der Waals surface area contributed by atoms with Gasteiger partial charge < -0.3 is 20.7 Å². The Morgan fingerprint density at radius 2 is 1.93 bits per heavy atom. The summed E-state index contributed by atoms with van der Waals surface area (Å²) < 4.78 is 0. The van der Waals surface area contributed by atoms with Gasteiger partial charge in [0.15, 0.2) is 0 Å². The fourth-order valence-electron chi connectivity index (χ4n) is 4.12. The van der Waals surface area contributed by atoms with Crippen molar-refractivity contribution in [3.8, 4) is 0 Å². The molecule has 2 heterocycles. The third kappa shape index (κ3) is 4.03. The van der Waals surface area contributed by atoms with Gasteiger partial charge in [0.25, 0.3) is 5.91 Å². The molecule has 7 heteroatoms. The van der Waals surface area contributed by atoms with Gasteiger partial charge in [-0.3, -0.25) is 9.78 Å². The summed E-state index contributed by atoms with van der Waals surface area (Å²) >= 11 is 0. The molecule has 3 aromatic rings. The summed E-state index contributed by atoms with van der Waals surface area (Å²) in [6.07, 6.45) is 3.41. The van der Waals surface area contributed by atoms with E-state index in [0.29, 0.717) is 47.5 Å². The Morgan fingerprint density at radius 1 is 1.14 bits per heavy atom. The van der Waals surface area contributed by atoms with Crippen molar-refractivity contribution in [3.05, 3.63) is 71.4 Å². The lowest BCUT2D eigenvalue weighted by molar-refractivity contribution is 0.0713. The fraction of sp³-hybridized carbons (Fsp3) is 0.273. The molecule has 0 aliphatic carbocycles. The van der Waals surface area contributed by atoms with Crippen molar-refractivity contribution in [2.24, 2.45) is 5.73 Å². The Balaban J connectivity index is 1.52. The second-order valence-corrected chi connectivity index (χ2v) is 7.52. The summed E-state index contributed by atoms with van der Waals surface area (Å²) in [7, 11) is -1.66. The van der Waals surface area contributed by atoms with Crippen LogP contribution >= 0.6 is 0 Å². The highest BCUT2D eigenvalue weighted by atomic mass is 16.4. The lowest BCUT2D eigenvalue weighted by Crippen LogP contribution is -2.39. The largest absolute Gasteiger partial charge is 0.489 e. The van der Waals surface area contributed by atoms with Gasteiger partial charge >= 0.3 is 7.12 Å². The number of fused-ring (bicyclic) bond motifs is 1. The van der Waals surface area contributed by atoms with Crippen LogP contribution in [0.5, 0.6) is 0 Å². The van der Waals surface area contributed by atoms with Gasteiger partial charge in [0.1, 0.15) is 0 Å². The first-order chi connectivity index (χ1) is 14.1. The van der Waals surface area contributed by atoms with Gasteiger partial charge in [-0.05, 0) is 58.9 Å². The molecule has 0 unspecified atom stereocenters. The van der Waals surface area contributed by atoms with Crippen molar-refractivity contribution < 1.29 is 14.8 Å². The highest BCUT2D eigenvalue weighted by Crippen LogP contribution is 2.29. The van der Waals surface area contributed by atoms with E-state index < -0.39 is 7.12 Å². The zero-order chi connectivity index (χ0) is 20.4. The first kappa shape index (κ1) is 19.6. The number of nitrogens with two attached hydrogens (primary N) is 1. The first-order valence-electron chi connectivity index (χ1n) is 9.90. The number of hydrogen-bond acceptors (Lipinski definition) is 5. The summed E-state index contributed by atoms with van der Waals surface area (Å²) in [4.78, 5) is 19.2. The zero-order valence-corrected chi connectivity index (χ0v) is 16.2. The normalized spacial score (nSPS) is 14.9. The quantitative estimate of drug-likeness (QED) is 0.586. The number of carbonyl (C=O) groups excluding carboxylic acids is 1. The second kappa shape index (κ2) is 8.33. The fourth-order valence-corrected chi connectivity index (χ4v) is 4.12. The van der Waals surface area contributed by atoms with Crippen LogP contribution in [0.15, 0.2) is 54.7 Å². The Bertz CT molecular complexity index is 1030. The molecule has 29 heavy (non-hydrogen) atoms. The summed E-state index contributed by atoms with van der Waals surface area (Å²) in [5, 5.41) is 20.1. The van der Waals surface area contributed by atoms with Crippen molar-refractivity contribution in [2.75, 3.05) is 13.1 Å². The minimum Gasteiger partial charge on any atom is -0.423 e. The van der Waals surface area contributed by atoms with E-state index in [1.54, 1.807) is 30.5 Å². The maximum Gasteiger partial charge on any atom is 0.489 e. The van der Waals surface area contributed by atoms with Crippen molar-refractivity contribution >= 4 is 29.4 Å². The molecule has 0 atom stereocenters. The summed E-state index contributed by atoms with van der Waals surface area (Å²) in [6.45, 7) is 1.85. The number of amides is 1. The molecule has 1 aliphatic heterocycles. The minimum atomic E-state index is -1.66. The molecular formula is C22H24BN3O3. The van der Waals surface area contributed by atoms with Gasteiger partial charge in [0.2, 0.25) is 0 Å². The molecule has 6 nitrogen and oxygen atoms in total. The second-order valence-electron chi connectivity index (χ2n) is 7.52. The number of rotatable bonds is 4. The number of benzene rings is 2. The molecule has 0 saturated carbocycles. The van der Waals surface area contributed by atoms with Crippen LogP contribution in [0.1, 0.15) is 40.2 Å². The maximum atomic E-state index is 13.1. The molecular weight excluding hydrogens is 365 g/mol. The van der Waals surface area contributed by atoms with Crippen molar-refractivity contribution in [1.29, 1.82) is 0 Å². The van der Waals surface area contributed by atoms with E-state index in [1.807, 2.05) is 17.0 Å². The Hall–Kier alpha value is -2.74. The van der Waals surface area contributed by atoms with E-state index in [-0.39, 0.29) is 5.91 Å². The third-order valence-electron chi connectivity index (χ3n) is 5.72. The predicted octanol–water partition coefficient (Wildman–Crippen LogP) is 1.39. The summed E-state index contributed by atoms with van der Waals surface area (Å²) in [6, 6.07) is 15.2. The first-order valence-corrected chi connectivity index (χ1v) is 9.90. The number of nitrogens with zero attached hydrogens (tertiary/aromatic N) is 2. The number of hydrogen-bond donors (Lipinski definition) is 3. The maximum absolute atomic E-state index is 13.1. The topological polar surface area (TPSA) is 99.7 Å². The Kier molecular flexibility index (Phi) is 5.62. The van der Waals surface area contributed by atoms with Crippen LogP contribution in [0.4, 0.5) is 0 Å². The molecule has 0 bridgehead atoms. The standard InChI is InChI=1S/C22H24BN3O3/c24-14-15-3-1-4-17(11-15)16-6-9-26(10-7-16)22(27)18-12-20(23(28)29)19-5-2-8-25-21(19)13-18/h1-5,8,11-13,16,28-29H,6-7,9-10,14,24H2. The van der Waals surface area contributed by atoms with Gasteiger partial charge in [0.05, 0.1) is 5.52 Å². The number of carbonyl (C=O) groups is 1. The number of aromatic nitrogens is 1. The monoisotopic (exact) mass is 389 g/mol. The SMILES string of the molecule is NCc1cccc(C2CCN(C(=O)c3cc(B(O)O)c4cccnc4c3)CC2)c1. The minimum absolute atomic E-state index is 0.103. The lowest BCUT2D eigenvalue weighted by Gasteiger charge is -2.32. The average molecular weight is 389 g/mol.